The summed E-state index contributed by atoms with van der Waals surface area (Å²) in [6.45, 7) is 5.39. The SMILES string of the molecule is CCC(=O)NC(CC(=O)OC(C)C)c1ccccc1. The second kappa shape index (κ2) is 7.56. The number of hydrogen-bond acceptors (Lipinski definition) is 3. The van der Waals surface area contributed by atoms with Crippen LogP contribution in [0.2, 0.25) is 0 Å². The highest BCUT2D eigenvalue weighted by atomic mass is 16.5. The number of carbonyl (C=O) groups is 2. The minimum Gasteiger partial charge on any atom is -0.463 e. The van der Waals surface area contributed by atoms with Gasteiger partial charge in [0.05, 0.1) is 18.6 Å². The van der Waals surface area contributed by atoms with E-state index in [1.54, 1.807) is 20.8 Å². The molecule has 0 heterocycles. The molecule has 0 radical (unpaired) electrons. The van der Waals surface area contributed by atoms with E-state index in [1.807, 2.05) is 30.3 Å². The zero-order chi connectivity index (χ0) is 14.3. The molecule has 0 saturated heterocycles. The van der Waals surface area contributed by atoms with Crippen LogP contribution in [0, 0.1) is 0 Å². The van der Waals surface area contributed by atoms with Crippen molar-refractivity contribution in [2.24, 2.45) is 0 Å². The quantitative estimate of drug-likeness (QED) is 0.803. The fraction of sp³-hybridized carbons (Fsp3) is 0.467. The van der Waals surface area contributed by atoms with Gasteiger partial charge < -0.3 is 10.1 Å². The molecule has 0 saturated carbocycles. The molecule has 1 rings (SSSR count). The Kier molecular flexibility index (Phi) is 6.06. The molecule has 1 atom stereocenters. The number of benzene rings is 1. The van der Waals surface area contributed by atoms with Crippen LogP contribution >= 0.6 is 0 Å². The Labute approximate surface area is 114 Å². The van der Waals surface area contributed by atoms with Crippen LogP contribution in [-0.4, -0.2) is 18.0 Å². The van der Waals surface area contributed by atoms with E-state index in [-0.39, 0.29) is 30.4 Å². The summed E-state index contributed by atoms with van der Waals surface area (Å²) in [5.74, 6) is -0.383. The first-order valence-electron chi connectivity index (χ1n) is 6.56. The maximum absolute atomic E-state index is 11.7. The molecule has 1 aromatic rings. The van der Waals surface area contributed by atoms with E-state index in [4.69, 9.17) is 4.74 Å². The molecule has 4 nitrogen and oxygen atoms in total. The van der Waals surface area contributed by atoms with Crippen LogP contribution in [0.4, 0.5) is 0 Å². The third kappa shape index (κ3) is 5.55. The average molecular weight is 263 g/mol. The van der Waals surface area contributed by atoms with Crippen LogP contribution < -0.4 is 5.32 Å². The molecule has 0 aliphatic carbocycles. The highest BCUT2D eigenvalue weighted by molar-refractivity contribution is 5.77. The smallest absolute Gasteiger partial charge is 0.308 e. The number of esters is 1. The Morgan fingerprint density at radius 3 is 2.37 bits per heavy atom. The van der Waals surface area contributed by atoms with Gasteiger partial charge in [-0.1, -0.05) is 37.3 Å². The number of carbonyl (C=O) groups excluding carboxylic acids is 2. The lowest BCUT2D eigenvalue weighted by molar-refractivity contribution is -0.148. The van der Waals surface area contributed by atoms with Gasteiger partial charge in [-0.2, -0.15) is 0 Å². The highest BCUT2D eigenvalue weighted by Crippen LogP contribution is 2.17. The third-order valence-electron chi connectivity index (χ3n) is 2.60. The molecule has 1 amide bonds. The fourth-order valence-corrected chi connectivity index (χ4v) is 1.71. The lowest BCUT2D eigenvalue weighted by Crippen LogP contribution is -2.30. The van der Waals surface area contributed by atoms with E-state index in [2.05, 4.69) is 5.32 Å². The Morgan fingerprint density at radius 2 is 1.84 bits per heavy atom. The van der Waals surface area contributed by atoms with E-state index >= 15 is 0 Å². The maximum Gasteiger partial charge on any atom is 0.308 e. The number of amides is 1. The lowest BCUT2D eigenvalue weighted by atomic mass is 10.0. The second-order valence-corrected chi connectivity index (χ2v) is 4.63. The molecule has 0 aromatic heterocycles. The zero-order valence-corrected chi connectivity index (χ0v) is 11.7. The van der Waals surface area contributed by atoms with Crippen LogP contribution in [-0.2, 0) is 14.3 Å². The van der Waals surface area contributed by atoms with Gasteiger partial charge in [0, 0.05) is 6.42 Å². The lowest BCUT2D eigenvalue weighted by Gasteiger charge is -2.19. The van der Waals surface area contributed by atoms with E-state index < -0.39 is 0 Å². The van der Waals surface area contributed by atoms with Gasteiger partial charge in [-0.05, 0) is 19.4 Å². The summed E-state index contributed by atoms with van der Waals surface area (Å²) in [5.41, 5.74) is 0.907. The van der Waals surface area contributed by atoms with Crippen LogP contribution in [0.5, 0.6) is 0 Å². The summed E-state index contributed by atoms with van der Waals surface area (Å²) in [6, 6.07) is 9.11. The summed E-state index contributed by atoms with van der Waals surface area (Å²) in [6.07, 6.45) is 0.391. The van der Waals surface area contributed by atoms with Crippen LogP contribution in [0.3, 0.4) is 0 Å². The van der Waals surface area contributed by atoms with E-state index in [9.17, 15) is 9.59 Å². The predicted molar refractivity (Wildman–Crippen MR) is 73.5 cm³/mol. The Morgan fingerprint density at radius 1 is 1.21 bits per heavy atom. The van der Waals surface area contributed by atoms with Crippen molar-refractivity contribution in [2.45, 2.75) is 45.8 Å². The molecular formula is C15H21NO3. The van der Waals surface area contributed by atoms with Crippen molar-refractivity contribution in [3.05, 3.63) is 35.9 Å². The van der Waals surface area contributed by atoms with Crippen molar-refractivity contribution in [3.8, 4) is 0 Å². The monoisotopic (exact) mass is 263 g/mol. The summed E-state index contributed by atoms with van der Waals surface area (Å²) in [5, 5.41) is 2.85. The van der Waals surface area contributed by atoms with Crippen molar-refractivity contribution in [1.82, 2.24) is 5.32 Å². The topological polar surface area (TPSA) is 55.4 Å². The summed E-state index contributed by atoms with van der Waals surface area (Å²) >= 11 is 0. The molecule has 1 aromatic carbocycles. The van der Waals surface area contributed by atoms with Crippen LogP contribution in [0.15, 0.2) is 30.3 Å². The van der Waals surface area contributed by atoms with Crippen molar-refractivity contribution >= 4 is 11.9 Å². The van der Waals surface area contributed by atoms with Crippen molar-refractivity contribution in [2.75, 3.05) is 0 Å². The standard InChI is InChI=1S/C15H21NO3/c1-4-14(17)16-13(10-15(18)19-11(2)3)12-8-6-5-7-9-12/h5-9,11,13H,4,10H2,1-3H3,(H,16,17). The van der Waals surface area contributed by atoms with E-state index in [0.29, 0.717) is 6.42 Å². The molecule has 0 bridgehead atoms. The van der Waals surface area contributed by atoms with E-state index in [1.165, 1.54) is 0 Å². The Balaban J connectivity index is 2.75. The minimum atomic E-state index is -0.333. The molecule has 104 valence electrons. The first-order valence-corrected chi connectivity index (χ1v) is 6.56. The fourth-order valence-electron chi connectivity index (χ4n) is 1.71. The van der Waals surface area contributed by atoms with Gasteiger partial charge >= 0.3 is 5.97 Å². The molecule has 0 spiro atoms. The van der Waals surface area contributed by atoms with Crippen LogP contribution in [0.1, 0.15) is 45.2 Å². The molecule has 1 N–H and O–H groups in total. The molecule has 19 heavy (non-hydrogen) atoms. The van der Waals surface area contributed by atoms with Crippen molar-refractivity contribution in [3.63, 3.8) is 0 Å². The first-order chi connectivity index (χ1) is 9.02. The molecular weight excluding hydrogens is 242 g/mol. The van der Waals surface area contributed by atoms with Gasteiger partial charge in [0.2, 0.25) is 5.91 Å². The van der Waals surface area contributed by atoms with Crippen molar-refractivity contribution < 1.29 is 14.3 Å². The number of hydrogen-bond donors (Lipinski definition) is 1. The zero-order valence-electron chi connectivity index (χ0n) is 11.7. The largest absolute Gasteiger partial charge is 0.463 e. The van der Waals surface area contributed by atoms with Crippen molar-refractivity contribution in [1.29, 1.82) is 0 Å². The molecule has 1 unspecified atom stereocenters. The minimum absolute atomic E-state index is 0.0776. The van der Waals surface area contributed by atoms with E-state index in [0.717, 1.165) is 5.56 Å². The number of ether oxygens (including phenoxy) is 1. The second-order valence-electron chi connectivity index (χ2n) is 4.63. The summed E-state index contributed by atoms with van der Waals surface area (Å²) in [4.78, 5) is 23.3. The van der Waals surface area contributed by atoms with Gasteiger partial charge in [-0.3, -0.25) is 9.59 Å². The van der Waals surface area contributed by atoms with Crippen LogP contribution in [0.25, 0.3) is 0 Å². The van der Waals surface area contributed by atoms with Gasteiger partial charge in [0.15, 0.2) is 0 Å². The predicted octanol–water partition coefficient (Wildman–Crippen LogP) is 2.60. The van der Waals surface area contributed by atoms with Gasteiger partial charge in [0.25, 0.3) is 0 Å². The Bertz CT molecular complexity index is 415. The average Bonchev–Trinajstić information content (AvgIpc) is 2.37. The number of rotatable bonds is 6. The highest BCUT2D eigenvalue weighted by Gasteiger charge is 2.19. The summed E-state index contributed by atoms with van der Waals surface area (Å²) < 4.78 is 5.13. The molecule has 4 heteroatoms. The van der Waals surface area contributed by atoms with Gasteiger partial charge in [0.1, 0.15) is 0 Å². The number of nitrogens with one attached hydrogen (secondary N) is 1. The first kappa shape index (κ1) is 15.2. The van der Waals surface area contributed by atoms with Gasteiger partial charge in [-0.15, -0.1) is 0 Å². The molecule has 0 fully saturated rings. The van der Waals surface area contributed by atoms with Gasteiger partial charge in [-0.25, -0.2) is 0 Å². The maximum atomic E-state index is 11.7. The molecule has 0 aliphatic rings. The Hall–Kier alpha value is -1.84. The molecule has 0 aliphatic heterocycles. The third-order valence-corrected chi connectivity index (χ3v) is 2.60. The normalized spacial score (nSPS) is 12.0. The summed E-state index contributed by atoms with van der Waals surface area (Å²) in [7, 11) is 0.